The largest absolute Gasteiger partial charge is 0.340 e. The smallest absolute Gasteiger partial charge is 0.233 e. The second kappa shape index (κ2) is 6.91. The maximum Gasteiger partial charge on any atom is 0.233 e. The molecular formula is C15H20ClN3O2. The Labute approximate surface area is 129 Å². The summed E-state index contributed by atoms with van der Waals surface area (Å²) in [7, 11) is 2.03. The topological polar surface area (TPSA) is 52.7 Å². The number of halogens is 1. The Morgan fingerprint density at radius 3 is 2.52 bits per heavy atom. The summed E-state index contributed by atoms with van der Waals surface area (Å²) in [4.78, 5) is 27.9. The Morgan fingerprint density at radius 2 is 1.90 bits per heavy atom. The SMILES string of the molecule is Cc1cc(Cl)ccc1NC(=O)CC(=O)N1CCN(C)CC1. The van der Waals surface area contributed by atoms with Crippen molar-refractivity contribution in [3.63, 3.8) is 0 Å². The first kappa shape index (κ1) is 15.8. The van der Waals surface area contributed by atoms with Gasteiger partial charge in [0.1, 0.15) is 6.42 Å². The van der Waals surface area contributed by atoms with Gasteiger partial charge in [0, 0.05) is 36.9 Å². The van der Waals surface area contributed by atoms with Crippen molar-refractivity contribution in [3.05, 3.63) is 28.8 Å². The monoisotopic (exact) mass is 309 g/mol. The lowest BCUT2D eigenvalue weighted by atomic mass is 10.2. The van der Waals surface area contributed by atoms with Crippen LogP contribution in [0, 0.1) is 6.92 Å². The van der Waals surface area contributed by atoms with Gasteiger partial charge in [0.25, 0.3) is 0 Å². The van der Waals surface area contributed by atoms with E-state index in [2.05, 4.69) is 10.2 Å². The second-order valence-corrected chi connectivity index (χ2v) is 5.80. The molecule has 0 aromatic heterocycles. The summed E-state index contributed by atoms with van der Waals surface area (Å²) in [5.74, 6) is -0.406. The molecule has 0 aliphatic carbocycles. The molecule has 1 aromatic carbocycles. The van der Waals surface area contributed by atoms with Crippen LogP contribution in [0.2, 0.25) is 5.02 Å². The van der Waals surface area contributed by atoms with Crippen molar-refractivity contribution in [3.8, 4) is 0 Å². The van der Waals surface area contributed by atoms with E-state index in [-0.39, 0.29) is 18.2 Å². The third-order valence-electron chi connectivity index (χ3n) is 3.63. The summed E-state index contributed by atoms with van der Waals surface area (Å²) in [5.41, 5.74) is 1.57. The van der Waals surface area contributed by atoms with E-state index in [0.29, 0.717) is 23.8 Å². The Kier molecular flexibility index (Phi) is 5.20. The number of hydrogen-bond acceptors (Lipinski definition) is 3. The van der Waals surface area contributed by atoms with Crippen LogP contribution in [0.15, 0.2) is 18.2 Å². The van der Waals surface area contributed by atoms with Crippen molar-refractivity contribution in [1.29, 1.82) is 0 Å². The normalized spacial score (nSPS) is 15.9. The van der Waals surface area contributed by atoms with Gasteiger partial charge < -0.3 is 15.1 Å². The molecule has 2 amide bonds. The lowest BCUT2D eigenvalue weighted by molar-refractivity contribution is -0.135. The molecule has 0 saturated carbocycles. The highest BCUT2D eigenvalue weighted by molar-refractivity contribution is 6.30. The maximum absolute atomic E-state index is 12.1. The molecule has 1 fully saturated rings. The molecule has 1 heterocycles. The molecule has 114 valence electrons. The summed E-state index contributed by atoms with van der Waals surface area (Å²) >= 11 is 5.87. The van der Waals surface area contributed by atoms with Crippen molar-refractivity contribution in [1.82, 2.24) is 9.80 Å². The van der Waals surface area contributed by atoms with Crippen molar-refractivity contribution in [2.24, 2.45) is 0 Å². The van der Waals surface area contributed by atoms with Crippen LogP contribution in [0.1, 0.15) is 12.0 Å². The van der Waals surface area contributed by atoms with Gasteiger partial charge in [-0.05, 0) is 37.7 Å². The van der Waals surface area contributed by atoms with E-state index in [1.165, 1.54) is 0 Å². The number of amides is 2. The number of nitrogens with one attached hydrogen (secondary N) is 1. The van der Waals surface area contributed by atoms with Gasteiger partial charge in [0.2, 0.25) is 11.8 Å². The Morgan fingerprint density at radius 1 is 1.24 bits per heavy atom. The van der Waals surface area contributed by atoms with Gasteiger partial charge in [-0.25, -0.2) is 0 Å². The summed E-state index contributed by atoms with van der Waals surface area (Å²) in [5, 5.41) is 3.38. The fourth-order valence-corrected chi connectivity index (χ4v) is 2.49. The lowest BCUT2D eigenvalue weighted by Crippen LogP contribution is -2.47. The van der Waals surface area contributed by atoms with E-state index in [4.69, 9.17) is 11.6 Å². The van der Waals surface area contributed by atoms with Crippen LogP contribution in [-0.4, -0.2) is 54.8 Å². The molecule has 6 heteroatoms. The zero-order valence-corrected chi connectivity index (χ0v) is 13.1. The Hall–Kier alpha value is -1.59. The van der Waals surface area contributed by atoms with Crippen LogP contribution in [0.3, 0.4) is 0 Å². The number of rotatable bonds is 3. The molecule has 1 saturated heterocycles. The van der Waals surface area contributed by atoms with Gasteiger partial charge in [0.15, 0.2) is 0 Å². The van der Waals surface area contributed by atoms with Crippen LogP contribution in [0.25, 0.3) is 0 Å². The standard InChI is InChI=1S/C15H20ClN3O2/c1-11-9-12(16)3-4-13(11)17-14(20)10-15(21)19-7-5-18(2)6-8-19/h3-4,9H,5-8,10H2,1-2H3,(H,17,20). The van der Waals surface area contributed by atoms with Crippen LogP contribution in [0.5, 0.6) is 0 Å². The molecule has 0 unspecified atom stereocenters. The Bertz CT molecular complexity index is 540. The predicted octanol–water partition coefficient (Wildman–Crippen LogP) is 1.75. The number of nitrogens with zero attached hydrogens (tertiary/aromatic N) is 2. The zero-order valence-electron chi connectivity index (χ0n) is 12.4. The highest BCUT2D eigenvalue weighted by atomic mass is 35.5. The summed E-state index contributed by atoms with van der Waals surface area (Å²) < 4.78 is 0. The molecule has 0 bridgehead atoms. The van der Waals surface area contributed by atoms with Crippen LogP contribution in [-0.2, 0) is 9.59 Å². The molecule has 0 atom stereocenters. The number of carbonyl (C=O) groups excluding carboxylic acids is 2. The highest BCUT2D eigenvalue weighted by Gasteiger charge is 2.21. The number of anilines is 1. The van der Waals surface area contributed by atoms with Gasteiger partial charge in [-0.3, -0.25) is 9.59 Å². The van der Waals surface area contributed by atoms with E-state index in [1.807, 2.05) is 14.0 Å². The third kappa shape index (κ3) is 4.44. The van der Waals surface area contributed by atoms with Gasteiger partial charge in [-0.15, -0.1) is 0 Å². The van der Waals surface area contributed by atoms with E-state index in [0.717, 1.165) is 18.7 Å². The number of hydrogen-bond donors (Lipinski definition) is 1. The van der Waals surface area contributed by atoms with Crippen molar-refractivity contribution in [2.75, 3.05) is 38.5 Å². The van der Waals surface area contributed by atoms with Crippen LogP contribution >= 0.6 is 11.6 Å². The van der Waals surface area contributed by atoms with Crippen LogP contribution in [0.4, 0.5) is 5.69 Å². The molecular weight excluding hydrogens is 290 g/mol. The van der Waals surface area contributed by atoms with Gasteiger partial charge in [-0.2, -0.15) is 0 Å². The maximum atomic E-state index is 12.1. The molecule has 21 heavy (non-hydrogen) atoms. The average molecular weight is 310 g/mol. The number of likely N-dealkylation sites (N-methyl/N-ethyl adjacent to an activating group) is 1. The molecule has 1 aliphatic rings. The van der Waals surface area contributed by atoms with E-state index in [9.17, 15) is 9.59 Å². The summed E-state index contributed by atoms with van der Waals surface area (Å²) in [6, 6.07) is 5.24. The first-order valence-corrected chi connectivity index (χ1v) is 7.36. The first-order chi connectivity index (χ1) is 9.95. The molecule has 0 spiro atoms. The minimum Gasteiger partial charge on any atom is -0.340 e. The Balaban J connectivity index is 1.88. The number of piperazine rings is 1. The molecule has 1 N–H and O–H groups in total. The minimum absolute atomic E-state index is 0.118. The van der Waals surface area contributed by atoms with Gasteiger partial charge in [-0.1, -0.05) is 11.6 Å². The van der Waals surface area contributed by atoms with Gasteiger partial charge >= 0.3 is 0 Å². The molecule has 2 rings (SSSR count). The molecule has 1 aromatic rings. The third-order valence-corrected chi connectivity index (χ3v) is 3.87. The molecule has 1 aliphatic heterocycles. The fraction of sp³-hybridized carbons (Fsp3) is 0.467. The quantitative estimate of drug-likeness (QED) is 0.866. The fourth-order valence-electron chi connectivity index (χ4n) is 2.27. The van der Waals surface area contributed by atoms with Crippen molar-refractivity contribution < 1.29 is 9.59 Å². The highest BCUT2D eigenvalue weighted by Crippen LogP contribution is 2.19. The number of benzene rings is 1. The molecule has 0 radical (unpaired) electrons. The predicted molar refractivity (Wildman–Crippen MR) is 83.5 cm³/mol. The number of aryl methyl sites for hydroxylation is 1. The van der Waals surface area contributed by atoms with Crippen LogP contribution < -0.4 is 5.32 Å². The van der Waals surface area contributed by atoms with Crippen molar-refractivity contribution >= 4 is 29.1 Å². The summed E-state index contributed by atoms with van der Waals surface area (Å²) in [6.45, 7) is 4.93. The zero-order chi connectivity index (χ0) is 15.4. The lowest BCUT2D eigenvalue weighted by Gasteiger charge is -2.32. The summed E-state index contributed by atoms with van der Waals surface area (Å²) in [6.07, 6.45) is -0.119. The van der Waals surface area contributed by atoms with Crippen molar-refractivity contribution in [2.45, 2.75) is 13.3 Å². The minimum atomic E-state index is -0.288. The van der Waals surface area contributed by atoms with E-state index >= 15 is 0 Å². The second-order valence-electron chi connectivity index (χ2n) is 5.37. The molecule has 5 nitrogen and oxygen atoms in total. The van der Waals surface area contributed by atoms with Gasteiger partial charge in [0.05, 0.1) is 0 Å². The average Bonchev–Trinajstić information content (AvgIpc) is 2.42. The van der Waals surface area contributed by atoms with E-state index in [1.54, 1.807) is 23.1 Å². The first-order valence-electron chi connectivity index (χ1n) is 6.98. The number of carbonyl (C=O) groups is 2. The van der Waals surface area contributed by atoms with E-state index < -0.39 is 0 Å².